The summed E-state index contributed by atoms with van der Waals surface area (Å²) in [5, 5.41) is 0. The van der Waals surface area contributed by atoms with Crippen molar-refractivity contribution in [3.8, 4) is 0 Å². The molecule has 0 fully saturated rings. The molecule has 0 aliphatic rings. The second-order valence-corrected chi connectivity index (χ2v) is 2.83. The molecule has 10 heavy (non-hydrogen) atoms. The predicted octanol–water partition coefficient (Wildman–Crippen LogP) is 1.14. The van der Waals surface area contributed by atoms with Crippen LogP contribution < -0.4 is 0 Å². The highest BCUT2D eigenvalue weighted by Crippen LogP contribution is 1.73. The molecule has 2 heteroatoms. The van der Waals surface area contributed by atoms with Crippen molar-refractivity contribution < 1.29 is 0 Å². The Bertz CT molecular complexity index is 46.5. The number of nitrogens with zero attached hydrogens (tertiary/aromatic N) is 2. The molecule has 0 heterocycles. The Labute approximate surface area is 65.8 Å². The van der Waals surface area contributed by atoms with Gasteiger partial charge in [0.1, 0.15) is 0 Å². The van der Waals surface area contributed by atoms with Crippen LogP contribution in [0.1, 0.15) is 13.8 Å². The van der Waals surface area contributed by atoms with E-state index in [2.05, 4.69) is 25.8 Å². The lowest BCUT2D eigenvalue weighted by Crippen LogP contribution is -2.15. The van der Waals surface area contributed by atoms with E-state index in [1.54, 1.807) is 0 Å². The summed E-state index contributed by atoms with van der Waals surface area (Å²) in [5.74, 6) is 0. The first-order valence-electron chi connectivity index (χ1n) is 3.84. The van der Waals surface area contributed by atoms with Crippen molar-refractivity contribution >= 4 is 0 Å². The molecule has 0 rings (SSSR count). The highest BCUT2D eigenvalue weighted by Gasteiger charge is 1.81. The summed E-state index contributed by atoms with van der Waals surface area (Å²) in [6.45, 7) is 6.64. The molecule has 0 aromatic carbocycles. The quantitative estimate of drug-likeness (QED) is 0.576. The highest BCUT2D eigenvalue weighted by molar-refractivity contribution is 4.36. The van der Waals surface area contributed by atoms with E-state index in [0.29, 0.717) is 0 Å². The van der Waals surface area contributed by atoms with Gasteiger partial charge in [0, 0.05) is 0 Å². The van der Waals surface area contributed by atoms with Gasteiger partial charge < -0.3 is 9.80 Å². The van der Waals surface area contributed by atoms with Gasteiger partial charge in [0.25, 0.3) is 0 Å². The third-order valence-electron chi connectivity index (χ3n) is 1.08. The van der Waals surface area contributed by atoms with Crippen LogP contribution >= 0.6 is 0 Å². The molecule has 0 spiro atoms. The summed E-state index contributed by atoms with van der Waals surface area (Å²) in [6, 6.07) is 0. The number of rotatable bonds is 2. The van der Waals surface area contributed by atoms with Crippen molar-refractivity contribution in [2.24, 2.45) is 0 Å². The van der Waals surface area contributed by atoms with Gasteiger partial charge in [0.05, 0.1) is 0 Å². The summed E-state index contributed by atoms with van der Waals surface area (Å²) in [4.78, 5) is 4.25. The summed E-state index contributed by atoms with van der Waals surface area (Å²) in [5.41, 5.74) is 0. The number of hydrogen-bond donors (Lipinski definition) is 0. The van der Waals surface area contributed by atoms with E-state index in [4.69, 9.17) is 0 Å². The largest absolute Gasteiger partial charge is 0.312 e. The van der Waals surface area contributed by atoms with Gasteiger partial charge >= 0.3 is 0 Å². The molecule has 2 nitrogen and oxygen atoms in total. The minimum atomic E-state index is 1.16. The van der Waals surface area contributed by atoms with E-state index in [1.807, 2.05) is 26.0 Å². The van der Waals surface area contributed by atoms with Gasteiger partial charge in [-0.25, -0.2) is 0 Å². The maximum absolute atomic E-state index is 2.25. The van der Waals surface area contributed by atoms with Crippen LogP contribution in [0.4, 0.5) is 0 Å². The molecular formula is C8H22N2. The Balaban J connectivity index is 0. The normalized spacial score (nSPS) is 9.60. The zero-order valence-electron chi connectivity index (χ0n) is 8.31. The van der Waals surface area contributed by atoms with E-state index in [0.717, 1.165) is 13.1 Å². The number of hydrogen-bond acceptors (Lipinski definition) is 2. The zero-order chi connectivity index (χ0) is 8.57. The molecule has 0 N–H and O–H groups in total. The molecule has 0 aliphatic carbocycles. The van der Waals surface area contributed by atoms with Crippen LogP contribution in [0.2, 0.25) is 0 Å². The maximum atomic E-state index is 2.25. The SMILES string of the molecule is CCN(C)CC.CN(C)C. The fourth-order valence-electron chi connectivity index (χ4n) is 0.224. The van der Waals surface area contributed by atoms with Gasteiger partial charge in [-0.1, -0.05) is 13.8 Å². The average molecular weight is 146 g/mol. The third kappa shape index (κ3) is 24.7. The Morgan fingerprint density at radius 3 is 1.00 bits per heavy atom. The molecule has 0 saturated heterocycles. The van der Waals surface area contributed by atoms with E-state index in [-0.39, 0.29) is 0 Å². The van der Waals surface area contributed by atoms with Crippen LogP contribution in [0.15, 0.2) is 0 Å². The van der Waals surface area contributed by atoms with E-state index >= 15 is 0 Å². The molecule has 0 saturated carbocycles. The standard InChI is InChI=1S/C5H13N.C3H9N/c1-4-6(3)5-2;1-4(2)3/h4-5H2,1-3H3;1-3H3. The first-order valence-corrected chi connectivity index (χ1v) is 3.84. The van der Waals surface area contributed by atoms with Crippen molar-refractivity contribution in [1.82, 2.24) is 9.80 Å². The second-order valence-electron chi connectivity index (χ2n) is 2.83. The second kappa shape index (κ2) is 8.92. The minimum Gasteiger partial charge on any atom is -0.312 e. The third-order valence-corrected chi connectivity index (χ3v) is 1.08. The summed E-state index contributed by atoms with van der Waals surface area (Å²) < 4.78 is 0. The van der Waals surface area contributed by atoms with Crippen molar-refractivity contribution in [2.75, 3.05) is 41.3 Å². The molecule has 0 atom stereocenters. The van der Waals surface area contributed by atoms with Crippen LogP contribution in [0.25, 0.3) is 0 Å². The van der Waals surface area contributed by atoms with Gasteiger partial charge in [-0.05, 0) is 41.3 Å². The van der Waals surface area contributed by atoms with E-state index < -0.39 is 0 Å². The first-order chi connectivity index (χ1) is 4.54. The van der Waals surface area contributed by atoms with Crippen molar-refractivity contribution in [2.45, 2.75) is 13.8 Å². The maximum Gasteiger partial charge on any atom is -0.00504 e. The van der Waals surface area contributed by atoms with E-state index in [1.165, 1.54) is 0 Å². The summed E-state index contributed by atoms with van der Waals surface area (Å²) >= 11 is 0. The van der Waals surface area contributed by atoms with Crippen LogP contribution in [0, 0.1) is 0 Å². The van der Waals surface area contributed by atoms with Crippen molar-refractivity contribution in [3.05, 3.63) is 0 Å². The smallest absolute Gasteiger partial charge is 0.00504 e. The van der Waals surface area contributed by atoms with Gasteiger partial charge in [-0.3, -0.25) is 0 Å². The molecular weight excluding hydrogens is 124 g/mol. The van der Waals surface area contributed by atoms with Crippen molar-refractivity contribution in [3.63, 3.8) is 0 Å². The Morgan fingerprint density at radius 1 is 0.800 bits per heavy atom. The van der Waals surface area contributed by atoms with E-state index in [9.17, 15) is 0 Å². The fraction of sp³-hybridized carbons (Fsp3) is 1.00. The highest BCUT2D eigenvalue weighted by atomic mass is 15.1. The average Bonchev–Trinajstić information content (AvgIpc) is 1.85. The molecule has 0 unspecified atom stereocenters. The van der Waals surface area contributed by atoms with Gasteiger partial charge in [0.15, 0.2) is 0 Å². The van der Waals surface area contributed by atoms with Gasteiger partial charge in [0.2, 0.25) is 0 Å². The lowest BCUT2D eigenvalue weighted by Gasteiger charge is -2.07. The van der Waals surface area contributed by atoms with Crippen LogP contribution in [0.3, 0.4) is 0 Å². The van der Waals surface area contributed by atoms with Crippen LogP contribution in [-0.2, 0) is 0 Å². The minimum absolute atomic E-state index is 1.16. The van der Waals surface area contributed by atoms with Crippen molar-refractivity contribution in [1.29, 1.82) is 0 Å². The zero-order valence-corrected chi connectivity index (χ0v) is 8.31. The Morgan fingerprint density at radius 2 is 1.00 bits per heavy atom. The lowest BCUT2D eigenvalue weighted by molar-refractivity contribution is 0.373. The fourth-order valence-corrected chi connectivity index (χ4v) is 0.224. The summed E-state index contributed by atoms with van der Waals surface area (Å²) in [6.07, 6.45) is 0. The van der Waals surface area contributed by atoms with Crippen LogP contribution in [-0.4, -0.2) is 51.1 Å². The lowest BCUT2D eigenvalue weighted by atomic mass is 10.6. The molecule has 0 aromatic rings. The molecule has 0 amide bonds. The van der Waals surface area contributed by atoms with Gasteiger partial charge in [-0.2, -0.15) is 0 Å². The Hall–Kier alpha value is -0.0800. The Kier molecular flexibility index (Phi) is 11.2. The molecule has 0 radical (unpaired) electrons. The molecule has 0 aromatic heterocycles. The topological polar surface area (TPSA) is 6.48 Å². The van der Waals surface area contributed by atoms with Gasteiger partial charge in [-0.15, -0.1) is 0 Å². The summed E-state index contributed by atoms with van der Waals surface area (Å²) in [7, 11) is 8.11. The molecule has 0 aliphatic heterocycles. The molecule has 0 bridgehead atoms. The monoisotopic (exact) mass is 146 g/mol. The van der Waals surface area contributed by atoms with Crippen LogP contribution in [0.5, 0.6) is 0 Å². The predicted molar refractivity (Wildman–Crippen MR) is 48.5 cm³/mol. The molecule has 64 valence electrons. The first kappa shape index (κ1) is 12.6.